The van der Waals surface area contributed by atoms with Crippen LogP contribution in [0.4, 0.5) is 0 Å². The highest BCUT2D eigenvalue weighted by Gasteiger charge is 2.47. The molecule has 3 rings (SSSR count). The molecule has 0 spiro atoms. The number of morpholine rings is 1. The van der Waals surface area contributed by atoms with Crippen LogP contribution in [0.1, 0.15) is 46.0 Å². The van der Waals surface area contributed by atoms with E-state index in [1.54, 1.807) is 0 Å². The Morgan fingerprint density at radius 3 is 2.31 bits per heavy atom. The Hall–Kier alpha value is -1.47. The van der Waals surface area contributed by atoms with Crippen LogP contribution in [0.25, 0.3) is 0 Å². The quantitative estimate of drug-likeness (QED) is 0.613. The molecule has 0 unspecified atom stereocenters. The number of carbonyl (C=O) groups is 3. The molecule has 0 aromatic rings. The van der Waals surface area contributed by atoms with E-state index in [9.17, 15) is 14.4 Å². The first-order chi connectivity index (χ1) is 12.4. The third-order valence-electron chi connectivity index (χ3n) is 6.28. The number of hydrogen-bond acceptors (Lipinski definition) is 4. The zero-order chi connectivity index (χ0) is 18.7. The van der Waals surface area contributed by atoms with Crippen molar-refractivity contribution in [2.24, 2.45) is 11.8 Å². The van der Waals surface area contributed by atoms with Crippen LogP contribution in [-0.2, 0) is 19.1 Å². The van der Waals surface area contributed by atoms with Crippen molar-refractivity contribution in [3.05, 3.63) is 0 Å². The molecule has 1 saturated carbocycles. The first-order valence-corrected chi connectivity index (χ1v) is 9.95. The minimum Gasteiger partial charge on any atom is -0.370 e. The lowest BCUT2D eigenvalue weighted by atomic mass is 9.81. The van der Waals surface area contributed by atoms with Gasteiger partial charge >= 0.3 is 0 Å². The Morgan fingerprint density at radius 1 is 1.15 bits per heavy atom. The second-order valence-corrected chi connectivity index (χ2v) is 8.45. The van der Waals surface area contributed by atoms with Crippen molar-refractivity contribution >= 4 is 17.7 Å². The number of amides is 3. The van der Waals surface area contributed by atoms with E-state index in [-0.39, 0.29) is 48.1 Å². The van der Waals surface area contributed by atoms with Crippen LogP contribution in [0, 0.1) is 11.8 Å². The van der Waals surface area contributed by atoms with Crippen molar-refractivity contribution in [2.75, 3.05) is 39.4 Å². The largest absolute Gasteiger partial charge is 0.370 e. The summed E-state index contributed by atoms with van der Waals surface area (Å²) in [5.41, 5.74) is -0.0618. The molecule has 7 heteroatoms. The van der Waals surface area contributed by atoms with Gasteiger partial charge in [-0.05, 0) is 26.7 Å². The normalized spacial score (nSPS) is 27.5. The Bertz CT molecular complexity index is 533. The van der Waals surface area contributed by atoms with Crippen LogP contribution in [0.5, 0.6) is 0 Å². The first-order valence-electron chi connectivity index (χ1n) is 9.95. The molecule has 0 aromatic heterocycles. The van der Waals surface area contributed by atoms with Crippen molar-refractivity contribution in [3.63, 3.8) is 0 Å². The fourth-order valence-electron chi connectivity index (χ4n) is 4.49. The van der Waals surface area contributed by atoms with Gasteiger partial charge in [0.05, 0.1) is 31.6 Å². The van der Waals surface area contributed by atoms with Gasteiger partial charge in [-0.1, -0.05) is 12.8 Å². The standard InChI is InChI=1S/C19H31N3O4/c1-19(2,21-9-11-26-12-10-21)13-20-16(23)7-8-22-17(24)14-5-3-4-6-15(14)18(22)25/h14-15H,3-13H2,1-2H3,(H,20,23)/p+1/t14-,15-/m1/s1. The van der Waals surface area contributed by atoms with E-state index in [1.807, 2.05) is 0 Å². The highest BCUT2D eigenvalue weighted by molar-refractivity contribution is 6.05. The average Bonchev–Trinajstić information content (AvgIpc) is 2.90. The van der Waals surface area contributed by atoms with Crippen molar-refractivity contribution in [1.29, 1.82) is 0 Å². The molecule has 2 aliphatic heterocycles. The second-order valence-electron chi connectivity index (χ2n) is 8.45. The number of carbonyl (C=O) groups excluding carboxylic acids is 3. The van der Waals surface area contributed by atoms with Crippen LogP contribution in [-0.4, -0.2) is 67.6 Å². The summed E-state index contributed by atoms with van der Waals surface area (Å²) >= 11 is 0. The molecule has 1 aliphatic carbocycles. The van der Waals surface area contributed by atoms with Crippen molar-refractivity contribution in [3.8, 4) is 0 Å². The smallest absolute Gasteiger partial charge is 0.233 e. The Morgan fingerprint density at radius 2 is 1.73 bits per heavy atom. The molecule has 3 aliphatic rings. The number of fused-ring (bicyclic) bond motifs is 1. The SMILES string of the molecule is CC(C)(CNC(=O)CCN1C(=O)[C@@H]2CCCC[C@H]2C1=O)[NH+]1CCOCC1. The lowest BCUT2D eigenvalue weighted by Crippen LogP contribution is -3.22. The molecule has 2 heterocycles. The maximum atomic E-state index is 12.4. The summed E-state index contributed by atoms with van der Waals surface area (Å²) in [6, 6.07) is 0. The molecule has 146 valence electrons. The number of rotatable bonds is 6. The number of quaternary nitrogens is 1. The van der Waals surface area contributed by atoms with E-state index < -0.39 is 0 Å². The van der Waals surface area contributed by atoms with Crippen molar-refractivity contribution in [1.82, 2.24) is 10.2 Å². The summed E-state index contributed by atoms with van der Waals surface area (Å²) in [7, 11) is 0. The van der Waals surface area contributed by atoms with Gasteiger partial charge in [0, 0.05) is 13.0 Å². The molecule has 0 radical (unpaired) electrons. The third kappa shape index (κ3) is 4.09. The minimum atomic E-state index is -0.136. The molecule has 0 aromatic carbocycles. The topological polar surface area (TPSA) is 80.2 Å². The highest BCUT2D eigenvalue weighted by atomic mass is 16.5. The predicted molar refractivity (Wildman–Crippen MR) is 95.4 cm³/mol. The number of nitrogens with zero attached hydrogens (tertiary/aromatic N) is 1. The van der Waals surface area contributed by atoms with Gasteiger partial charge in [0.2, 0.25) is 17.7 Å². The molecule has 2 atom stereocenters. The molecule has 3 fully saturated rings. The zero-order valence-electron chi connectivity index (χ0n) is 16.0. The van der Waals surface area contributed by atoms with E-state index in [2.05, 4.69) is 19.2 Å². The lowest BCUT2D eigenvalue weighted by molar-refractivity contribution is -0.954. The number of likely N-dealkylation sites (tertiary alicyclic amines) is 1. The molecular formula is C19H32N3O4+. The fraction of sp³-hybridized carbons (Fsp3) is 0.842. The summed E-state index contributed by atoms with van der Waals surface area (Å²) in [5, 5.41) is 2.99. The van der Waals surface area contributed by atoms with Gasteiger partial charge in [-0.25, -0.2) is 0 Å². The van der Waals surface area contributed by atoms with E-state index in [0.717, 1.165) is 52.0 Å². The Labute approximate surface area is 155 Å². The number of hydrogen-bond donors (Lipinski definition) is 2. The number of imide groups is 1. The number of ether oxygens (including phenoxy) is 1. The van der Waals surface area contributed by atoms with Crippen LogP contribution in [0.3, 0.4) is 0 Å². The Kier molecular flexibility index (Phi) is 5.97. The molecule has 7 nitrogen and oxygen atoms in total. The van der Waals surface area contributed by atoms with Gasteiger partial charge < -0.3 is 15.0 Å². The average molecular weight is 366 g/mol. The highest BCUT2D eigenvalue weighted by Crippen LogP contribution is 2.37. The van der Waals surface area contributed by atoms with Gasteiger partial charge in [0.1, 0.15) is 18.6 Å². The van der Waals surface area contributed by atoms with E-state index in [0.29, 0.717) is 6.54 Å². The summed E-state index contributed by atoms with van der Waals surface area (Å²) < 4.78 is 5.40. The van der Waals surface area contributed by atoms with Crippen LogP contribution >= 0.6 is 0 Å². The lowest BCUT2D eigenvalue weighted by Gasteiger charge is -2.37. The molecule has 0 bridgehead atoms. The van der Waals surface area contributed by atoms with Gasteiger partial charge in [-0.15, -0.1) is 0 Å². The Balaban J connectivity index is 1.45. The van der Waals surface area contributed by atoms with E-state index in [1.165, 1.54) is 9.80 Å². The molecule has 2 saturated heterocycles. The van der Waals surface area contributed by atoms with Crippen LogP contribution in [0.15, 0.2) is 0 Å². The summed E-state index contributed by atoms with van der Waals surface area (Å²) in [6.45, 7) is 8.49. The van der Waals surface area contributed by atoms with Gasteiger partial charge in [-0.2, -0.15) is 0 Å². The van der Waals surface area contributed by atoms with E-state index >= 15 is 0 Å². The summed E-state index contributed by atoms with van der Waals surface area (Å²) in [5.74, 6) is -0.497. The summed E-state index contributed by atoms with van der Waals surface area (Å²) in [4.78, 5) is 39.9. The van der Waals surface area contributed by atoms with Crippen molar-refractivity contribution in [2.45, 2.75) is 51.5 Å². The third-order valence-corrected chi connectivity index (χ3v) is 6.28. The molecule has 3 amide bonds. The van der Waals surface area contributed by atoms with Crippen molar-refractivity contribution < 1.29 is 24.0 Å². The second kappa shape index (κ2) is 8.05. The molecular weight excluding hydrogens is 334 g/mol. The van der Waals surface area contributed by atoms with Crippen LogP contribution < -0.4 is 10.2 Å². The summed E-state index contributed by atoms with van der Waals surface area (Å²) in [6.07, 6.45) is 3.86. The van der Waals surface area contributed by atoms with Gasteiger partial charge in [0.25, 0.3) is 0 Å². The van der Waals surface area contributed by atoms with E-state index in [4.69, 9.17) is 4.74 Å². The first kappa shape index (κ1) is 19.3. The fourth-order valence-corrected chi connectivity index (χ4v) is 4.49. The zero-order valence-corrected chi connectivity index (χ0v) is 16.0. The number of nitrogens with one attached hydrogen (secondary N) is 2. The minimum absolute atomic E-state index is 0.0618. The molecule has 26 heavy (non-hydrogen) atoms. The monoisotopic (exact) mass is 366 g/mol. The maximum Gasteiger partial charge on any atom is 0.233 e. The predicted octanol–water partition coefficient (Wildman–Crippen LogP) is -0.638. The van der Waals surface area contributed by atoms with Gasteiger partial charge in [0.15, 0.2) is 0 Å². The van der Waals surface area contributed by atoms with Crippen LogP contribution in [0.2, 0.25) is 0 Å². The maximum absolute atomic E-state index is 12.4. The van der Waals surface area contributed by atoms with Gasteiger partial charge in [-0.3, -0.25) is 19.3 Å². The molecule has 2 N–H and O–H groups in total.